The topological polar surface area (TPSA) is 67.2 Å². The monoisotopic (exact) mass is 440 g/mol. The Kier molecular flexibility index (Phi) is 6.04. The summed E-state index contributed by atoms with van der Waals surface area (Å²) in [5, 5.41) is 7.97. The van der Waals surface area contributed by atoms with Gasteiger partial charge in [0.2, 0.25) is 5.91 Å². The molecular weight excluding hydrogens is 419 g/mol. The zero-order valence-electron chi connectivity index (χ0n) is 17.0. The number of aryl methyl sites for hydroxylation is 1. The first-order valence-electron chi connectivity index (χ1n) is 10.1. The Morgan fingerprint density at radius 1 is 1.13 bits per heavy atom. The van der Waals surface area contributed by atoms with Crippen molar-refractivity contribution in [2.75, 3.05) is 23.3 Å². The van der Waals surface area contributed by atoms with E-state index in [1.165, 1.54) is 28.9 Å². The van der Waals surface area contributed by atoms with E-state index >= 15 is 0 Å². The maximum absolute atomic E-state index is 13.6. The second-order valence-electron chi connectivity index (χ2n) is 7.64. The molecule has 1 N–H and O–H groups in total. The molecule has 6 nitrogen and oxygen atoms in total. The Morgan fingerprint density at radius 2 is 1.90 bits per heavy atom. The number of anilines is 2. The van der Waals surface area contributed by atoms with Crippen molar-refractivity contribution >= 4 is 29.0 Å². The molecule has 8 heteroatoms. The number of aromatic nitrogens is 2. The van der Waals surface area contributed by atoms with Crippen LogP contribution < -0.4 is 15.8 Å². The Morgan fingerprint density at radius 3 is 2.61 bits per heavy atom. The van der Waals surface area contributed by atoms with E-state index < -0.39 is 5.82 Å². The lowest BCUT2D eigenvalue weighted by atomic mass is 9.95. The van der Waals surface area contributed by atoms with E-state index in [1.807, 2.05) is 24.0 Å². The molecule has 0 spiro atoms. The van der Waals surface area contributed by atoms with Gasteiger partial charge in [0.15, 0.2) is 0 Å². The summed E-state index contributed by atoms with van der Waals surface area (Å²) in [5.41, 5.74) is 1.69. The van der Waals surface area contributed by atoms with E-state index in [4.69, 9.17) is 11.6 Å². The number of piperidine rings is 1. The number of nitrogens with zero attached hydrogens (tertiary/aromatic N) is 3. The van der Waals surface area contributed by atoms with Crippen LogP contribution in [0.25, 0.3) is 5.69 Å². The van der Waals surface area contributed by atoms with Crippen LogP contribution in [0.3, 0.4) is 0 Å². The van der Waals surface area contributed by atoms with E-state index in [1.54, 1.807) is 18.2 Å². The average molecular weight is 441 g/mol. The molecule has 0 unspecified atom stereocenters. The first kappa shape index (κ1) is 21.1. The molecule has 1 aromatic heterocycles. The largest absolute Gasteiger partial charge is 0.355 e. The minimum absolute atomic E-state index is 0.0303. The standard InChI is InChI=1S/C23H22ClFN4O2/c1-15-5-6-18(14-20(15)24)26-23(31)16-9-11-28(12-10-16)21-7-8-22(30)29(27-21)19-4-2-3-17(25)13-19/h2-8,13-14,16H,9-12H2,1H3,(H,26,31). The highest BCUT2D eigenvalue weighted by Gasteiger charge is 2.26. The van der Waals surface area contributed by atoms with Crippen LogP contribution in [-0.2, 0) is 4.79 Å². The third kappa shape index (κ3) is 4.77. The number of amides is 1. The number of halogens is 2. The Hall–Kier alpha value is -3.19. The lowest BCUT2D eigenvalue weighted by Crippen LogP contribution is -2.39. The average Bonchev–Trinajstić information content (AvgIpc) is 2.77. The van der Waals surface area contributed by atoms with Gasteiger partial charge in [0.25, 0.3) is 5.56 Å². The van der Waals surface area contributed by atoms with Crippen molar-refractivity contribution in [2.24, 2.45) is 5.92 Å². The van der Waals surface area contributed by atoms with Crippen molar-refractivity contribution in [1.29, 1.82) is 0 Å². The fourth-order valence-electron chi connectivity index (χ4n) is 3.65. The van der Waals surface area contributed by atoms with E-state index in [-0.39, 0.29) is 17.4 Å². The van der Waals surface area contributed by atoms with Crippen LogP contribution in [0.4, 0.5) is 15.9 Å². The van der Waals surface area contributed by atoms with Gasteiger partial charge in [-0.05, 0) is 61.7 Å². The molecule has 2 aromatic carbocycles. The molecule has 31 heavy (non-hydrogen) atoms. The molecule has 1 saturated heterocycles. The van der Waals surface area contributed by atoms with Crippen molar-refractivity contribution in [3.8, 4) is 5.69 Å². The van der Waals surface area contributed by atoms with E-state index in [9.17, 15) is 14.0 Å². The van der Waals surface area contributed by atoms with Crippen molar-refractivity contribution in [3.05, 3.63) is 81.4 Å². The summed E-state index contributed by atoms with van der Waals surface area (Å²) >= 11 is 6.14. The molecular formula is C23H22ClFN4O2. The fourth-order valence-corrected chi connectivity index (χ4v) is 3.83. The number of rotatable bonds is 4. The molecule has 1 amide bonds. The predicted molar refractivity (Wildman–Crippen MR) is 120 cm³/mol. The molecule has 0 saturated carbocycles. The molecule has 0 bridgehead atoms. The molecule has 1 aliphatic rings. The maximum Gasteiger partial charge on any atom is 0.271 e. The van der Waals surface area contributed by atoms with Gasteiger partial charge in [-0.3, -0.25) is 9.59 Å². The van der Waals surface area contributed by atoms with Crippen LogP contribution in [0.1, 0.15) is 18.4 Å². The predicted octanol–water partition coefficient (Wildman–Crippen LogP) is 4.19. The van der Waals surface area contributed by atoms with E-state index in [2.05, 4.69) is 10.4 Å². The number of nitrogens with one attached hydrogen (secondary N) is 1. The van der Waals surface area contributed by atoms with Crippen LogP contribution in [0.15, 0.2) is 59.4 Å². The van der Waals surface area contributed by atoms with Gasteiger partial charge in [-0.15, -0.1) is 5.10 Å². The van der Waals surface area contributed by atoms with Crippen LogP contribution in [-0.4, -0.2) is 28.8 Å². The highest BCUT2D eigenvalue weighted by Crippen LogP contribution is 2.25. The number of hydrogen-bond acceptors (Lipinski definition) is 4. The summed E-state index contributed by atoms with van der Waals surface area (Å²) in [6.07, 6.45) is 1.32. The third-order valence-corrected chi connectivity index (χ3v) is 5.88. The number of carbonyl (C=O) groups is 1. The Labute approximate surface area is 184 Å². The molecule has 3 aromatic rings. The van der Waals surface area contributed by atoms with Gasteiger partial charge >= 0.3 is 0 Å². The summed E-state index contributed by atoms with van der Waals surface area (Å²) < 4.78 is 14.8. The van der Waals surface area contributed by atoms with E-state index in [0.29, 0.717) is 48.1 Å². The van der Waals surface area contributed by atoms with Gasteiger partial charge in [0.1, 0.15) is 11.6 Å². The van der Waals surface area contributed by atoms with Gasteiger partial charge in [0, 0.05) is 35.8 Å². The number of benzene rings is 2. The highest BCUT2D eigenvalue weighted by atomic mass is 35.5. The zero-order chi connectivity index (χ0) is 22.0. The Balaban J connectivity index is 1.43. The van der Waals surface area contributed by atoms with Crippen molar-refractivity contribution < 1.29 is 9.18 Å². The molecule has 1 aliphatic heterocycles. The van der Waals surface area contributed by atoms with E-state index in [0.717, 1.165) is 5.56 Å². The number of carbonyl (C=O) groups excluding carboxylic acids is 1. The third-order valence-electron chi connectivity index (χ3n) is 5.47. The molecule has 0 aliphatic carbocycles. The quantitative estimate of drug-likeness (QED) is 0.660. The minimum Gasteiger partial charge on any atom is -0.355 e. The molecule has 0 atom stereocenters. The number of hydrogen-bond donors (Lipinski definition) is 1. The van der Waals surface area contributed by atoms with Gasteiger partial charge in [-0.1, -0.05) is 23.7 Å². The van der Waals surface area contributed by atoms with Gasteiger partial charge in [0.05, 0.1) is 5.69 Å². The SMILES string of the molecule is Cc1ccc(NC(=O)C2CCN(c3ccc(=O)n(-c4cccc(F)c4)n3)CC2)cc1Cl. The lowest BCUT2D eigenvalue weighted by Gasteiger charge is -2.32. The highest BCUT2D eigenvalue weighted by molar-refractivity contribution is 6.31. The smallest absolute Gasteiger partial charge is 0.271 e. The molecule has 4 rings (SSSR count). The summed E-state index contributed by atoms with van der Waals surface area (Å²) in [4.78, 5) is 26.9. The van der Waals surface area contributed by atoms with Crippen LogP contribution in [0.5, 0.6) is 0 Å². The van der Waals surface area contributed by atoms with Gasteiger partial charge < -0.3 is 10.2 Å². The second-order valence-corrected chi connectivity index (χ2v) is 8.04. The van der Waals surface area contributed by atoms with Crippen LogP contribution in [0.2, 0.25) is 5.02 Å². The summed E-state index contributed by atoms with van der Waals surface area (Å²) in [6, 6.07) is 14.3. The van der Waals surface area contributed by atoms with Gasteiger partial charge in [-0.25, -0.2) is 4.39 Å². The van der Waals surface area contributed by atoms with Crippen molar-refractivity contribution in [3.63, 3.8) is 0 Å². The van der Waals surface area contributed by atoms with Crippen LogP contribution in [0, 0.1) is 18.7 Å². The Bertz CT molecular complexity index is 1170. The maximum atomic E-state index is 13.6. The molecule has 2 heterocycles. The minimum atomic E-state index is -0.432. The van der Waals surface area contributed by atoms with Crippen molar-refractivity contribution in [2.45, 2.75) is 19.8 Å². The first-order valence-corrected chi connectivity index (χ1v) is 10.5. The van der Waals surface area contributed by atoms with Crippen molar-refractivity contribution in [1.82, 2.24) is 9.78 Å². The summed E-state index contributed by atoms with van der Waals surface area (Å²) in [7, 11) is 0. The zero-order valence-corrected chi connectivity index (χ0v) is 17.8. The van der Waals surface area contributed by atoms with Crippen LogP contribution >= 0.6 is 11.6 Å². The second kappa shape index (κ2) is 8.89. The molecule has 0 radical (unpaired) electrons. The fraction of sp³-hybridized carbons (Fsp3) is 0.261. The first-order chi connectivity index (χ1) is 14.9. The normalized spacial score (nSPS) is 14.5. The van der Waals surface area contributed by atoms with Gasteiger partial charge in [-0.2, -0.15) is 4.68 Å². The lowest BCUT2D eigenvalue weighted by molar-refractivity contribution is -0.120. The summed E-state index contributed by atoms with van der Waals surface area (Å²) in [5.74, 6) is 0.0362. The molecule has 1 fully saturated rings. The molecule has 160 valence electrons. The summed E-state index contributed by atoms with van der Waals surface area (Å²) in [6.45, 7) is 3.16.